The fraction of sp³-hybridized carbons (Fsp3) is 0.900. The first kappa shape index (κ1) is 11.5. The van der Waals surface area contributed by atoms with Gasteiger partial charge in [0.2, 0.25) is 0 Å². The lowest BCUT2D eigenvalue weighted by Gasteiger charge is -2.38. The van der Waals surface area contributed by atoms with Gasteiger partial charge < -0.3 is 10.8 Å². The summed E-state index contributed by atoms with van der Waals surface area (Å²) >= 11 is 0. The lowest BCUT2D eigenvalue weighted by atomic mass is 9.90. The lowest BCUT2D eigenvalue weighted by molar-refractivity contribution is 0.0815. The third-order valence-electron chi connectivity index (χ3n) is 3.03. The molecular weight excluding hydrogens is 178 g/mol. The first-order chi connectivity index (χ1) is 6.54. The maximum Gasteiger partial charge on any atom is 0.108 e. The minimum Gasteiger partial charge on any atom is -0.396 e. The number of aliphatic hydroxyl groups is 1. The van der Waals surface area contributed by atoms with E-state index in [0.717, 1.165) is 19.5 Å². The van der Waals surface area contributed by atoms with E-state index >= 15 is 0 Å². The summed E-state index contributed by atoms with van der Waals surface area (Å²) in [5, 5.41) is 16.5. The average Bonchev–Trinajstić information content (AvgIpc) is 2.15. The molecule has 0 bridgehead atoms. The predicted molar refractivity (Wildman–Crippen MR) is 57.3 cm³/mol. The molecule has 4 N–H and O–H groups in total. The van der Waals surface area contributed by atoms with Crippen molar-refractivity contribution in [3.63, 3.8) is 0 Å². The van der Waals surface area contributed by atoms with E-state index in [4.69, 9.17) is 16.2 Å². The fourth-order valence-electron chi connectivity index (χ4n) is 2.17. The molecule has 0 amide bonds. The standard InChI is InChI=1S/C10H21N3O/c1-7-3-9(6-14)5-13(4-7)8(2)10(11)12/h7-9,14H,3-6H2,1-2H3,(H3,11,12). The van der Waals surface area contributed by atoms with Crippen LogP contribution >= 0.6 is 0 Å². The third-order valence-corrected chi connectivity index (χ3v) is 3.03. The first-order valence-corrected chi connectivity index (χ1v) is 5.23. The number of nitrogens with one attached hydrogen (secondary N) is 1. The number of nitrogens with zero attached hydrogens (tertiary/aromatic N) is 1. The Labute approximate surface area is 85.6 Å². The van der Waals surface area contributed by atoms with Crippen molar-refractivity contribution in [1.29, 1.82) is 5.41 Å². The second-order valence-corrected chi connectivity index (χ2v) is 4.47. The Kier molecular flexibility index (Phi) is 3.89. The van der Waals surface area contributed by atoms with Crippen molar-refractivity contribution >= 4 is 5.84 Å². The highest BCUT2D eigenvalue weighted by Crippen LogP contribution is 2.22. The maximum absolute atomic E-state index is 9.14. The summed E-state index contributed by atoms with van der Waals surface area (Å²) in [5.74, 6) is 1.15. The summed E-state index contributed by atoms with van der Waals surface area (Å²) < 4.78 is 0. The summed E-state index contributed by atoms with van der Waals surface area (Å²) in [4.78, 5) is 2.19. The van der Waals surface area contributed by atoms with E-state index in [1.54, 1.807) is 0 Å². The minimum atomic E-state index is 0.00630. The SMILES string of the molecule is CC1CC(CO)CN(C(C)C(=N)N)C1. The molecule has 0 aromatic heterocycles. The van der Waals surface area contributed by atoms with Crippen molar-refractivity contribution in [2.75, 3.05) is 19.7 Å². The molecule has 1 aliphatic heterocycles. The summed E-state index contributed by atoms with van der Waals surface area (Å²) in [6.45, 7) is 6.22. The normalized spacial score (nSPS) is 31.4. The van der Waals surface area contributed by atoms with E-state index < -0.39 is 0 Å². The van der Waals surface area contributed by atoms with Crippen LogP contribution < -0.4 is 5.73 Å². The van der Waals surface area contributed by atoms with Crippen LogP contribution in [0, 0.1) is 17.2 Å². The molecule has 14 heavy (non-hydrogen) atoms. The molecule has 0 aromatic rings. The maximum atomic E-state index is 9.14. The Morgan fingerprint density at radius 3 is 2.79 bits per heavy atom. The summed E-state index contributed by atoms with van der Waals surface area (Å²) in [6, 6.07) is 0.00630. The van der Waals surface area contributed by atoms with Crippen LogP contribution in [0.2, 0.25) is 0 Å². The highest BCUT2D eigenvalue weighted by atomic mass is 16.3. The molecule has 0 radical (unpaired) electrons. The van der Waals surface area contributed by atoms with Gasteiger partial charge in [0.25, 0.3) is 0 Å². The van der Waals surface area contributed by atoms with Crippen LogP contribution in [0.5, 0.6) is 0 Å². The van der Waals surface area contributed by atoms with E-state index in [1.807, 2.05) is 6.92 Å². The van der Waals surface area contributed by atoms with E-state index in [0.29, 0.717) is 11.8 Å². The molecule has 0 spiro atoms. The van der Waals surface area contributed by atoms with Crippen molar-refractivity contribution in [2.24, 2.45) is 17.6 Å². The summed E-state index contributed by atoms with van der Waals surface area (Å²) in [6.07, 6.45) is 1.08. The van der Waals surface area contributed by atoms with Gasteiger partial charge in [-0.25, -0.2) is 0 Å². The second kappa shape index (κ2) is 4.75. The van der Waals surface area contributed by atoms with Crippen LogP contribution in [-0.2, 0) is 0 Å². The Morgan fingerprint density at radius 2 is 2.29 bits per heavy atom. The number of piperidine rings is 1. The number of aliphatic hydroxyl groups excluding tert-OH is 1. The molecule has 4 nitrogen and oxygen atoms in total. The van der Waals surface area contributed by atoms with Crippen LogP contribution in [0.25, 0.3) is 0 Å². The predicted octanol–water partition coefficient (Wildman–Crippen LogP) is 0.261. The Morgan fingerprint density at radius 1 is 1.64 bits per heavy atom. The summed E-state index contributed by atoms with van der Waals surface area (Å²) in [5.41, 5.74) is 5.48. The van der Waals surface area contributed by atoms with E-state index in [2.05, 4.69) is 11.8 Å². The molecule has 82 valence electrons. The highest BCUT2D eigenvalue weighted by Gasteiger charge is 2.27. The molecular formula is C10H21N3O. The molecule has 1 saturated heterocycles. The van der Waals surface area contributed by atoms with Crippen LogP contribution in [0.1, 0.15) is 20.3 Å². The molecule has 3 atom stereocenters. The van der Waals surface area contributed by atoms with Gasteiger partial charge in [0.05, 0.1) is 6.04 Å². The van der Waals surface area contributed by atoms with Gasteiger partial charge in [0.15, 0.2) is 0 Å². The van der Waals surface area contributed by atoms with E-state index in [9.17, 15) is 0 Å². The quantitative estimate of drug-likeness (QED) is 0.451. The first-order valence-electron chi connectivity index (χ1n) is 5.23. The smallest absolute Gasteiger partial charge is 0.108 e. The van der Waals surface area contributed by atoms with Gasteiger partial charge in [-0.15, -0.1) is 0 Å². The van der Waals surface area contributed by atoms with Gasteiger partial charge in [-0.2, -0.15) is 0 Å². The zero-order valence-electron chi connectivity index (χ0n) is 9.03. The van der Waals surface area contributed by atoms with Crippen LogP contribution in [0.3, 0.4) is 0 Å². The number of hydrogen-bond acceptors (Lipinski definition) is 3. The number of nitrogens with two attached hydrogens (primary N) is 1. The van der Waals surface area contributed by atoms with Gasteiger partial charge in [-0.05, 0) is 25.2 Å². The average molecular weight is 199 g/mol. The molecule has 0 saturated carbocycles. The molecule has 0 aromatic carbocycles. The highest BCUT2D eigenvalue weighted by molar-refractivity contribution is 5.82. The Balaban J connectivity index is 2.56. The second-order valence-electron chi connectivity index (χ2n) is 4.47. The Bertz CT molecular complexity index is 208. The lowest BCUT2D eigenvalue weighted by Crippen LogP contribution is -2.50. The van der Waals surface area contributed by atoms with Crippen molar-refractivity contribution < 1.29 is 5.11 Å². The fourth-order valence-corrected chi connectivity index (χ4v) is 2.17. The molecule has 3 unspecified atom stereocenters. The summed E-state index contributed by atoms with van der Waals surface area (Å²) in [7, 11) is 0. The molecule has 4 heteroatoms. The van der Waals surface area contributed by atoms with Crippen LogP contribution in [-0.4, -0.2) is 41.6 Å². The zero-order chi connectivity index (χ0) is 10.7. The van der Waals surface area contributed by atoms with Gasteiger partial charge >= 0.3 is 0 Å². The van der Waals surface area contributed by atoms with Crippen molar-refractivity contribution in [1.82, 2.24) is 4.90 Å². The number of rotatable bonds is 3. The van der Waals surface area contributed by atoms with Crippen molar-refractivity contribution in [3.05, 3.63) is 0 Å². The third kappa shape index (κ3) is 2.69. The Hall–Kier alpha value is -0.610. The number of hydrogen-bond donors (Lipinski definition) is 3. The molecule has 1 aliphatic rings. The van der Waals surface area contributed by atoms with Crippen LogP contribution in [0.15, 0.2) is 0 Å². The number of likely N-dealkylation sites (tertiary alicyclic amines) is 1. The van der Waals surface area contributed by atoms with Gasteiger partial charge in [0, 0.05) is 19.7 Å². The zero-order valence-corrected chi connectivity index (χ0v) is 9.03. The van der Waals surface area contributed by atoms with Crippen molar-refractivity contribution in [3.8, 4) is 0 Å². The van der Waals surface area contributed by atoms with Gasteiger partial charge in [0.1, 0.15) is 5.84 Å². The largest absolute Gasteiger partial charge is 0.396 e. The van der Waals surface area contributed by atoms with Crippen molar-refractivity contribution in [2.45, 2.75) is 26.3 Å². The van der Waals surface area contributed by atoms with E-state index in [1.165, 1.54) is 0 Å². The molecule has 1 fully saturated rings. The van der Waals surface area contributed by atoms with E-state index in [-0.39, 0.29) is 18.5 Å². The molecule has 1 rings (SSSR count). The molecule has 1 heterocycles. The van der Waals surface area contributed by atoms with Gasteiger partial charge in [-0.1, -0.05) is 6.92 Å². The topological polar surface area (TPSA) is 73.3 Å². The minimum absolute atomic E-state index is 0.00630. The molecule has 0 aliphatic carbocycles. The monoisotopic (exact) mass is 199 g/mol. The number of amidine groups is 1. The van der Waals surface area contributed by atoms with Crippen LogP contribution in [0.4, 0.5) is 0 Å². The van der Waals surface area contributed by atoms with Gasteiger partial charge in [-0.3, -0.25) is 10.3 Å².